The number of nitrogens with zero attached hydrogens (tertiary/aromatic N) is 2. The zero-order valence-corrected chi connectivity index (χ0v) is 12.5. The molecular formula is C16H21N3O2. The number of nitrogen functional groups attached to an aromatic ring is 1. The third-order valence-corrected chi connectivity index (χ3v) is 3.56. The molecule has 112 valence electrons. The number of hydrogen-bond acceptors (Lipinski definition) is 4. The van der Waals surface area contributed by atoms with Crippen LogP contribution in [0.3, 0.4) is 0 Å². The fourth-order valence-electron chi connectivity index (χ4n) is 2.00. The Balaban J connectivity index is 2.02. The van der Waals surface area contributed by atoms with Crippen LogP contribution in [0.2, 0.25) is 0 Å². The predicted octanol–water partition coefficient (Wildman–Crippen LogP) is 3.05. The van der Waals surface area contributed by atoms with E-state index in [2.05, 4.69) is 18.9 Å². The van der Waals surface area contributed by atoms with Gasteiger partial charge in [0, 0.05) is 11.9 Å². The van der Waals surface area contributed by atoms with Crippen LogP contribution in [0.1, 0.15) is 37.2 Å². The van der Waals surface area contributed by atoms with Gasteiger partial charge in [0.1, 0.15) is 0 Å². The van der Waals surface area contributed by atoms with Gasteiger partial charge in [0.05, 0.1) is 12.3 Å². The van der Waals surface area contributed by atoms with Crippen LogP contribution in [0.5, 0.6) is 0 Å². The van der Waals surface area contributed by atoms with E-state index in [0.717, 1.165) is 18.5 Å². The second-order valence-electron chi connectivity index (χ2n) is 5.02. The molecule has 0 spiro atoms. The first-order valence-electron chi connectivity index (χ1n) is 7.22. The maximum absolute atomic E-state index is 12.0. The normalized spacial score (nSPS) is 10.8. The van der Waals surface area contributed by atoms with Crippen molar-refractivity contribution in [3.05, 3.63) is 42.2 Å². The molecule has 0 bridgehead atoms. The molecule has 0 amide bonds. The smallest absolute Gasteiger partial charge is 0.358 e. The highest BCUT2D eigenvalue weighted by Crippen LogP contribution is 2.12. The van der Waals surface area contributed by atoms with Crippen molar-refractivity contribution in [1.82, 2.24) is 9.78 Å². The van der Waals surface area contributed by atoms with Crippen molar-refractivity contribution in [2.75, 3.05) is 12.3 Å². The molecule has 2 aromatic rings. The minimum absolute atomic E-state index is 0.317. The van der Waals surface area contributed by atoms with Gasteiger partial charge >= 0.3 is 5.97 Å². The van der Waals surface area contributed by atoms with Gasteiger partial charge in [-0.05, 0) is 36.2 Å². The summed E-state index contributed by atoms with van der Waals surface area (Å²) in [5, 5.41) is 4.24. The fourth-order valence-corrected chi connectivity index (χ4v) is 2.00. The molecule has 1 heterocycles. The molecule has 5 heteroatoms. The topological polar surface area (TPSA) is 70.1 Å². The lowest BCUT2D eigenvalue weighted by Crippen LogP contribution is -2.14. The van der Waals surface area contributed by atoms with Gasteiger partial charge in [-0.15, -0.1) is 0 Å². The number of hydrogen-bond donors (Lipinski definition) is 1. The number of anilines is 1. The highest BCUT2D eigenvalue weighted by atomic mass is 16.5. The van der Waals surface area contributed by atoms with Gasteiger partial charge in [-0.3, -0.25) is 0 Å². The molecule has 1 aromatic heterocycles. The summed E-state index contributed by atoms with van der Waals surface area (Å²) in [6.07, 6.45) is 3.74. The Morgan fingerprint density at radius 3 is 2.52 bits per heavy atom. The van der Waals surface area contributed by atoms with E-state index in [1.807, 2.05) is 12.1 Å². The molecule has 0 saturated carbocycles. The number of ether oxygens (including phenoxy) is 1. The quantitative estimate of drug-likeness (QED) is 0.655. The SMILES string of the molecule is CCC(CC)COC(=O)c1ccn(-c2ccc(N)cc2)n1. The van der Waals surface area contributed by atoms with Crippen molar-refractivity contribution in [3.63, 3.8) is 0 Å². The molecule has 21 heavy (non-hydrogen) atoms. The van der Waals surface area contributed by atoms with E-state index in [9.17, 15) is 4.79 Å². The van der Waals surface area contributed by atoms with E-state index in [-0.39, 0.29) is 5.97 Å². The van der Waals surface area contributed by atoms with Crippen LogP contribution in [0.15, 0.2) is 36.5 Å². The van der Waals surface area contributed by atoms with Gasteiger partial charge in [-0.2, -0.15) is 5.10 Å². The van der Waals surface area contributed by atoms with Gasteiger partial charge in [-0.1, -0.05) is 26.7 Å². The Kier molecular flexibility index (Phi) is 4.98. The molecule has 0 atom stereocenters. The number of carbonyl (C=O) groups excluding carboxylic acids is 1. The van der Waals surface area contributed by atoms with Crippen LogP contribution in [0.4, 0.5) is 5.69 Å². The van der Waals surface area contributed by atoms with E-state index in [1.165, 1.54) is 0 Å². The molecular weight excluding hydrogens is 266 g/mol. The lowest BCUT2D eigenvalue weighted by Gasteiger charge is -2.11. The van der Waals surface area contributed by atoms with E-state index in [0.29, 0.717) is 23.9 Å². The first-order valence-corrected chi connectivity index (χ1v) is 7.22. The number of aromatic nitrogens is 2. The zero-order valence-electron chi connectivity index (χ0n) is 12.5. The molecule has 2 N–H and O–H groups in total. The molecule has 2 rings (SSSR count). The summed E-state index contributed by atoms with van der Waals surface area (Å²) in [5.74, 6) is 0.0317. The lowest BCUT2D eigenvalue weighted by molar-refractivity contribution is 0.0426. The Hall–Kier alpha value is -2.30. The van der Waals surface area contributed by atoms with Crippen molar-refractivity contribution in [2.24, 2.45) is 5.92 Å². The van der Waals surface area contributed by atoms with Gasteiger partial charge in [-0.25, -0.2) is 9.48 Å². The molecule has 0 unspecified atom stereocenters. The summed E-state index contributed by atoms with van der Waals surface area (Å²) >= 11 is 0. The van der Waals surface area contributed by atoms with Crippen molar-refractivity contribution in [1.29, 1.82) is 0 Å². The summed E-state index contributed by atoms with van der Waals surface area (Å²) in [7, 11) is 0. The summed E-state index contributed by atoms with van der Waals surface area (Å²) in [6.45, 7) is 4.64. The summed E-state index contributed by atoms with van der Waals surface area (Å²) in [4.78, 5) is 12.0. The molecule has 0 radical (unpaired) electrons. The summed E-state index contributed by atoms with van der Waals surface area (Å²) in [6, 6.07) is 8.94. The average Bonchev–Trinajstić information content (AvgIpc) is 2.99. The molecule has 0 aliphatic carbocycles. The molecule has 5 nitrogen and oxygen atoms in total. The number of nitrogens with two attached hydrogens (primary N) is 1. The maximum atomic E-state index is 12.0. The van der Waals surface area contributed by atoms with E-state index in [1.54, 1.807) is 29.1 Å². The summed E-state index contributed by atoms with van der Waals surface area (Å²) < 4.78 is 6.94. The predicted molar refractivity (Wildman–Crippen MR) is 82.3 cm³/mol. The molecule has 1 aromatic carbocycles. The second kappa shape index (κ2) is 6.92. The molecule has 0 saturated heterocycles. The zero-order chi connectivity index (χ0) is 15.2. The third-order valence-electron chi connectivity index (χ3n) is 3.56. The van der Waals surface area contributed by atoms with E-state index in [4.69, 9.17) is 10.5 Å². The molecule has 0 aliphatic rings. The number of carbonyl (C=O) groups is 1. The first-order chi connectivity index (χ1) is 10.1. The summed E-state index contributed by atoms with van der Waals surface area (Å²) in [5.41, 5.74) is 7.51. The Bertz CT molecular complexity index is 586. The highest BCUT2D eigenvalue weighted by Gasteiger charge is 2.14. The Labute approximate surface area is 124 Å². The minimum atomic E-state index is -0.379. The van der Waals surface area contributed by atoms with Crippen LogP contribution < -0.4 is 5.73 Å². The second-order valence-corrected chi connectivity index (χ2v) is 5.02. The largest absolute Gasteiger partial charge is 0.461 e. The molecule has 0 fully saturated rings. The first kappa shape index (κ1) is 15.1. The minimum Gasteiger partial charge on any atom is -0.461 e. The van der Waals surface area contributed by atoms with Crippen molar-refractivity contribution in [2.45, 2.75) is 26.7 Å². The standard InChI is InChI=1S/C16H21N3O2/c1-3-12(4-2)11-21-16(20)15-9-10-19(18-15)14-7-5-13(17)6-8-14/h5-10,12H,3-4,11,17H2,1-2H3. The Morgan fingerprint density at radius 2 is 1.90 bits per heavy atom. The van der Waals surface area contributed by atoms with Crippen molar-refractivity contribution < 1.29 is 9.53 Å². The van der Waals surface area contributed by atoms with E-state index < -0.39 is 0 Å². The lowest BCUT2D eigenvalue weighted by atomic mass is 10.1. The third kappa shape index (κ3) is 3.84. The van der Waals surface area contributed by atoms with Crippen LogP contribution in [-0.4, -0.2) is 22.4 Å². The highest BCUT2D eigenvalue weighted by molar-refractivity contribution is 5.87. The fraction of sp³-hybridized carbons (Fsp3) is 0.375. The van der Waals surface area contributed by atoms with Crippen molar-refractivity contribution in [3.8, 4) is 5.69 Å². The van der Waals surface area contributed by atoms with Crippen molar-refractivity contribution >= 4 is 11.7 Å². The van der Waals surface area contributed by atoms with E-state index >= 15 is 0 Å². The van der Waals surface area contributed by atoms with Gasteiger partial charge in [0.25, 0.3) is 0 Å². The van der Waals surface area contributed by atoms with Gasteiger partial charge < -0.3 is 10.5 Å². The molecule has 0 aliphatic heterocycles. The Morgan fingerprint density at radius 1 is 1.24 bits per heavy atom. The van der Waals surface area contributed by atoms with Crippen LogP contribution in [-0.2, 0) is 4.74 Å². The van der Waals surface area contributed by atoms with Crippen LogP contribution in [0, 0.1) is 5.92 Å². The maximum Gasteiger partial charge on any atom is 0.358 e. The van der Waals surface area contributed by atoms with Gasteiger partial charge in [0.2, 0.25) is 0 Å². The van der Waals surface area contributed by atoms with Crippen LogP contribution in [0.25, 0.3) is 5.69 Å². The monoisotopic (exact) mass is 287 g/mol. The number of benzene rings is 1. The van der Waals surface area contributed by atoms with Gasteiger partial charge in [0.15, 0.2) is 5.69 Å². The number of esters is 1. The van der Waals surface area contributed by atoms with Crippen LogP contribution >= 0.6 is 0 Å². The average molecular weight is 287 g/mol. The number of rotatable bonds is 6.